The molecular weight excluding hydrogens is 296 g/mol. The summed E-state index contributed by atoms with van der Waals surface area (Å²) in [5, 5.41) is 14.1. The van der Waals surface area contributed by atoms with Gasteiger partial charge in [0.1, 0.15) is 16.9 Å². The van der Waals surface area contributed by atoms with Gasteiger partial charge in [0.05, 0.1) is 11.3 Å². The Morgan fingerprint density at radius 2 is 2.19 bits per heavy atom. The summed E-state index contributed by atoms with van der Waals surface area (Å²) in [6.45, 7) is 0.364. The van der Waals surface area contributed by atoms with Crippen LogP contribution in [-0.2, 0) is 6.54 Å². The molecule has 106 valence electrons. The van der Waals surface area contributed by atoms with Gasteiger partial charge < -0.3 is 10.3 Å². The Balaban J connectivity index is 1.83. The number of hydrogen-bond acceptors (Lipinski definition) is 6. The molecule has 0 fully saturated rings. The van der Waals surface area contributed by atoms with E-state index in [1.165, 1.54) is 24.8 Å². The van der Waals surface area contributed by atoms with E-state index in [4.69, 9.17) is 11.6 Å². The van der Waals surface area contributed by atoms with Gasteiger partial charge in [0.15, 0.2) is 11.5 Å². The van der Waals surface area contributed by atoms with Crippen LogP contribution in [0.15, 0.2) is 30.9 Å². The van der Waals surface area contributed by atoms with Crippen molar-refractivity contribution in [3.63, 3.8) is 0 Å². The lowest BCUT2D eigenvalue weighted by Gasteiger charge is -2.06. The van der Waals surface area contributed by atoms with Gasteiger partial charge in [-0.3, -0.25) is 10.1 Å². The van der Waals surface area contributed by atoms with Crippen molar-refractivity contribution in [1.29, 1.82) is 0 Å². The fourth-order valence-electron chi connectivity index (χ4n) is 1.89. The predicted molar refractivity (Wildman–Crippen MR) is 77.1 cm³/mol. The number of nitrogens with one attached hydrogen (secondary N) is 2. The SMILES string of the molecule is O=[N+]([O-])c1cc(CNc2ncnc3nc[nH]c23)ccc1Cl. The van der Waals surface area contributed by atoms with Gasteiger partial charge in [-0.05, 0) is 11.6 Å². The van der Waals surface area contributed by atoms with E-state index in [2.05, 4.69) is 25.3 Å². The van der Waals surface area contributed by atoms with Gasteiger partial charge in [0.25, 0.3) is 5.69 Å². The van der Waals surface area contributed by atoms with Gasteiger partial charge in [-0.2, -0.15) is 0 Å². The summed E-state index contributed by atoms with van der Waals surface area (Å²) in [6.07, 6.45) is 2.92. The summed E-state index contributed by atoms with van der Waals surface area (Å²) in [5.74, 6) is 0.579. The van der Waals surface area contributed by atoms with Gasteiger partial charge in [-0.1, -0.05) is 17.7 Å². The van der Waals surface area contributed by atoms with Crippen molar-refractivity contribution in [2.75, 3.05) is 5.32 Å². The standard InChI is InChI=1S/C12H9ClN6O2/c13-8-2-1-7(3-9(8)19(20)21)4-14-11-10-12(16-5-15-10)18-6-17-11/h1-3,5-6H,4H2,(H2,14,15,16,17,18). The van der Waals surface area contributed by atoms with E-state index in [-0.39, 0.29) is 10.7 Å². The van der Waals surface area contributed by atoms with Crippen LogP contribution in [0.1, 0.15) is 5.56 Å². The molecule has 0 aliphatic rings. The number of nitrogens with zero attached hydrogens (tertiary/aromatic N) is 4. The minimum Gasteiger partial charge on any atom is -0.364 e. The smallest absolute Gasteiger partial charge is 0.288 e. The third-order valence-corrected chi connectivity index (χ3v) is 3.21. The molecule has 21 heavy (non-hydrogen) atoms. The maximum Gasteiger partial charge on any atom is 0.288 e. The third-order valence-electron chi connectivity index (χ3n) is 2.89. The normalized spacial score (nSPS) is 10.7. The molecule has 8 nitrogen and oxygen atoms in total. The van der Waals surface area contributed by atoms with Gasteiger partial charge in [0, 0.05) is 12.6 Å². The molecule has 0 radical (unpaired) electrons. The van der Waals surface area contributed by atoms with Gasteiger partial charge in [-0.25, -0.2) is 15.0 Å². The molecule has 2 aromatic heterocycles. The molecule has 0 atom stereocenters. The number of imidazole rings is 1. The van der Waals surface area contributed by atoms with Crippen LogP contribution in [0.4, 0.5) is 11.5 Å². The van der Waals surface area contributed by atoms with E-state index >= 15 is 0 Å². The zero-order valence-electron chi connectivity index (χ0n) is 10.6. The first-order valence-electron chi connectivity index (χ1n) is 5.96. The number of fused-ring (bicyclic) bond motifs is 1. The van der Waals surface area contributed by atoms with E-state index in [1.54, 1.807) is 6.07 Å². The number of halogens is 1. The first kappa shape index (κ1) is 13.3. The maximum absolute atomic E-state index is 10.9. The van der Waals surface area contributed by atoms with Crippen molar-refractivity contribution >= 4 is 34.3 Å². The molecule has 3 rings (SSSR count). The maximum atomic E-state index is 10.9. The second kappa shape index (κ2) is 5.33. The van der Waals surface area contributed by atoms with Crippen LogP contribution in [-0.4, -0.2) is 24.9 Å². The number of H-pyrrole nitrogens is 1. The summed E-state index contributed by atoms with van der Waals surface area (Å²) in [5.41, 5.74) is 1.83. The van der Waals surface area contributed by atoms with Crippen LogP contribution in [0.3, 0.4) is 0 Å². The van der Waals surface area contributed by atoms with E-state index in [0.717, 1.165) is 5.56 Å². The molecule has 2 N–H and O–H groups in total. The molecule has 3 aromatic rings. The molecule has 0 spiro atoms. The van der Waals surface area contributed by atoms with Gasteiger partial charge in [0.2, 0.25) is 0 Å². The van der Waals surface area contributed by atoms with Gasteiger partial charge >= 0.3 is 0 Å². The summed E-state index contributed by atoms with van der Waals surface area (Å²) in [4.78, 5) is 25.4. The predicted octanol–water partition coefficient (Wildman–Crippen LogP) is 2.53. The summed E-state index contributed by atoms with van der Waals surface area (Å²) >= 11 is 5.78. The first-order valence-corrected chi connectivity index (χ1v) is 6.33. The van der Waals surface area contributed by atoms with Crippen molar-refractivity contribution in [2.45, 2.75) is 6.54 Å². The molecule has 0 aliphatic carbocycles. The van der Waals surface area contributed by atoms with E-state index in [9.17, 15) is 10.1 Å². The molecule has 0 saturated carbocycles. The number of aromatic amines is 1. The van der Waals surface area contributed by atoms with Crippen molar-refractivity contribution in [3.8, 4) is 0 Å². The second-order valence-electron chi connectivity index (χ2n) is 4.22. The average Bonchev–Trinajstić information content (AvgIpc) is 2.95. The number of nitro groups is 1. The van der Waals surface area contributed by atoms with E-state index in [1.807, 2.05) is 0 Å². The third kappa shape index (κ3) is 2.61. The highest BCUT2D eigenvalue weighted by molar-refractivity contribution is 6.32. The largest absolute Gasteiger partial charge is 0.364 e. The summed E-state index contributed by atoms with van der Waals surface area (Å²) in [7, 11) is 0. The Morgan fingerprint density at radius 1 is 1.33 bits per heavy atom. The van der Waals surface area contributed by atoms with Crippen LogP contribution in [0.2, 0.25) is 5.02 Å². The molecule has 2 heterocycles. The molecule has 0 saturated heterocycles. The number of rotatable bonds is 4. The Kier molecular flexibility index (Phi) is 3.36. The minimum absolute atomic E-state index is 0.113. The highest BCUT2D eigenvalue weighted by Crippen LogP contribution is 2.25. The molecule has 0 aliphatic heterocycles. The summed E-state index contributed by atoms with van der Waals surface area (Å²) in [6, 6.07) is 4.65. The van der Waals surface area contributed by atoms with Gasteiger partial charge in [-0.15, -0.1) is 0 Å². The number of anilines is 1. The molecule has 9 heteroatoms. The number of benzene rings is 1. The van der Waals surface area contributed by atoms with Crippen molar-refractivity contribution < 1.29 is 4.92 Å². The molecule has 0 bridgehead atoms. The lowest BCUT2D eigenvalue weighted by molar-refractivity contribution is -0.384. The lowest BCUT2D eigenvalue weighted by atomic mass is 10.2. The second-order valence-corrected chi connectivity index (χ2v) is 4.63. The number of hydrogen-bond donors (Lipinski definition) is 2. The van der Waals surface area contributed by atoms with Crippen LogP contribution < -0.4 is 5.32 Å². The van der Waals surface area contributed by atoms with Crippen LogP contribution >= 0.6 is 11.6 Å². The van der Waals surface area contributed by atoms with E-state index in [0.29, 0.717) is 23.5 Å². The fraction of sp³-hybridized carbons (Fsp3) is 0.0833. The molecular formula is C12H9ClN6O2. The number of nitro benzene ring substituents is 1. The molecule has 0 amide bonds. The Hall–Kier alpha value is -2.74. The Bertz CT molecular complexity index is 818. The van der Waals surface area contributed by atoms with E-state index < -0.39 is 4.92 Å². The zero-order chi connectivity index (χ0) is 14.8. The molecule has 0 unspecified atom stereocenters. The van der Waals surface area contributed by atoms with Crippen LogP contribution in [0.5, 0.6) is 0 Å². The quantitative estimate of drug-likeness (QED) is 0.566. The number of aromatic nitrogens is 4. The fourth-order valence-corrected chi connectivity index (χ4v) is 2.08. The van der Waals surface area contributed by atoms with Crippen molar-refractivity contribution in [3.05, 3.63) is 51.6 Å². The monoisotopic (exact) mass is 304 g/mol. The average molecular weight is 305 g/mol. The zero-order valence-corrected chi connectivity index (χ0v) is 11.3. The first-order chi connectivity index (χ1) is 10.1. The summed E-state index contributed by atoms with van der Waals surface area (Å²) < 4.78 is 0. The highest BCUT2D eigenvalue weighted by atomic mass is 35.5. The van der Waals surface area contributed by atoms with Crippen LogP contribution in [0, 0.1) is 10.1 Å². The van der Waals surface area contributed by atoms with Crippen LogP contribution in [0.25, 0.3) is 11.2 Å². The highest BCUT2D eigenvalue weighted by Gasteiger charge is 2.13. The molecule has 1 aromatic carbocycles. The van der Waals surface area contributed by atoms with Crippen molar-refractivity contribution in [1.82, 2.24) is 19.9 Å². The topological polar surface area (TPSA) is 110 Å². The lowest BCUT2D eigenvalue weighted by Crippen LogP contribution is -2.03. The Morgan fingerprint density at radius 3 is 3.00 bits per heavy atom. The van der Waals surface area contributed by atoms with Crippen molar-refractivity contribution in [2.24, 2.45) is 0 Å². The minimum atomic E-state index is -0.510. The Labute approximate surface area is 123 Å².